The molecule has 0 amide bonds. The fraction of sp³-hybridized carbons (Fsp3) is 0.794. The maximum atomic E-state index is 11.7. The Labute approximate surface area is 221 Å². The van der Waals surface area contributed by atoms with Gasteiger partial charge in [0, 0.05) is 0 Å². The van der Waals surface area contributed by atoms with Crippen LogP contribution in [0.25, 0.3) is 0 Å². The molecule has 0 radical (unpaired) electrons. The van der Waals surface area contributed by atoms with Gasteiger partial charge in [0.05, 0.1) is 12.7 Å². The fourth-order valence-corrected chi connectivity index (χ4v) is 10.3. The van der Waals surface area contributed by atoms with E-state index >= 15 is 0 Å². The van der Waals surface area contributed by atoms with Crippen LogP contribution in [0.15, 0.2) is 24.3 Å². The largest absolute Gasteiger partial charge is 0.465 e. The highest BCUT2D eigenvalue weighted by Crippen LogP contribution is 2.68. The number of methoxy groups -OCH3 is 1. The van der Waals surface area contributed by atoms with Crippen molar-refractivity contribution >= 4 is 5.97 Å². The second-order valence-electron chi connectivity index (χ2n) is 13.5. The molecule has 0 heterocycles. The summed E-state index contributed by atoms with van der Waals surface area (Å²) >= 11 is 0. The van der Waals surface area contributed by atoms with Gasteiger partial charge >= 0.3 is 5.97 Å². The van der Waals surface area contributed by atoms with Crippen LogP contribution in [0.4, 0.5) is 0 Å². The third-order valence-corrected chi connectivity index (χ3v) is 12.3. The van der Waals surface area contributed by atoms with Crippen molar-refractivity contribution in [3.05, 3.63) is 35.4 Å². The molecule has 0 bridgehead atoms. The fourth-order valence-electron chi connectivity index (χ4n) is 10.3. The zero-order valence-electron chi connectivity index (χ0n) is 23.9. The summed E-state index contributed by atoms with van der Waals surface area (Å²) in [6, 6.07) is 8.21. The van der Waals surface area contributed by atoms with Crippen molar-refractivity contribution in [1.82, 2.24) is 0 Å². The Morgan fingerprint density at radius 3 is 2.36 bits per heavy atom. The monoisotopic (exact) mass is 492 g/mol. The van der Waals surface area contributed by atoms with Gasteiger partial charge in [-0.25, -0.2) is 4.79 Å². The van der Waals surface area contributed by atoms with Crippen molar-refractivity contribution in [3.8, 4) is 0 Å². The standard InChI is InChI=1S/C32H46O2.C2H6/c1-31-18-5-4-6-24(31)13-15-26-28-16-14-25(32(28,2)19-17-29(26)31)12-11-23-20-27(23)21-7-9-22(10-8-21)30(33)34-3;1-2/h7-10,23-29H,4-6,11-20H2,1-3H3;1-2H3. The molecule has 5 saturated carbocycles. The quantitative estimate of drug-likeness (QED) is 0.383. The van der Waals surface area contributed by atoms with Crippen LogP contribution in [-0.2, 0) is 4.74 Å². The van der Waals surface area contributed by atoms with E-state index in [1.807, 2.05) is 26.0 Å². The second-order valence-corrected chi connectivity index (χ2v) is 13.5. The topological polar surface area (TPSA) is 26.3 Å². The van der Waals surface area contributed by atoms with Crippen molar-refractivity contribution in [3.63, 3.8) is 0 Å². The third kappa shape index (κ3) is 4.47. The number of benzene rings is 1. The first kappa shape index (κ1) is 26.3. The lowest BCUT2D eigenvalue weighted by atomic mass is 9.45. The molecule has 0 N–H and O–H groups in total. The molecule has 9 unspecified atom stereocenters. The number of esters is 1. The lowest BCUT2D eigenvalue weighted by Gasteiger charge is -2.60. The Kier molecular flexibility index (Phi) is 7.64. The molecule has 5 aliphatic rings. The Hall–Kier alpha value is -1.31. The van der Waals surface area contributed by atoms with Crippen LogP contribution in [-0.4, -0.2) is 13.1 Å². The molecule has 9 atom stereocenters. The lowest BCUT2D eigenvalue weighted by molar-refractivity contribution is -0.111. The molecule has 2 heteroatoms. The Morgan fingerprint density at radius 1 is 0.861 bits per heavy atom. The predicted molar refractivity (Wildman–Crippen MR) is 149 cm³/mol. The summed E-state index contributed by atoms with van der Waals surface area (Å²) in [6.07, 6.45) is 19.4. The van der Waals surface area contributed by atoms with Gasteiger partial charge in [-0.05, 0) is 141 Å². The summed E-state index contributed by atoms with van der Waals surface area (Å²) in [5.41, 5.74) is 3.38. The molecule has 1 aromatic carbocycles. The van der Waals surface area contributed by atoms with E-state index in [1.165, 1.54) is 89.7 Å². The third-order valence-electron chi connectivity index (χ3n) is 12.3. The molecule has 1 aromatic rings. The van der Waals surface area contributed by atoms with E-state index in [2.05, 4.69) is 26.0 Å². The molecule has 5 aliphatic carbocycles. The highest BCUT2D eigenvalue weighted by atomic mass is 16.5. The molecule has 0 spiro atoms. The average Bonchev–Trinajstić information content (AvgIpc) is 3.61. The van der Waals surface area contributed by atoms with Crippen LogP contribution in [0.5, 0.6) is 0 Å². The first-order chi connectivity index (χ1) is 17.4. The van der Waals surface area contributed by atoms with Gasteiger partial charge in [0.25, 0.3) is 0 Å². The number of carbonyl (C=O) groups excluding carboxylic acids is 1. The number of carbonyl (C=O) groups is 1. The highest BCUT2D eigenvalue weighted by Gasteiger charge is 2.59. The van der Waals surface area contributed by atoms with Crippen molar-refractivity contribution in [2.24, 2.45) is 46.3 Å². The second kappa shape index (κ2) is 10.5. The van der Waals surface area contributed by atoms with Crippen molar-refractivity contribution in [2.75, 3.05) is 7.11 Å². The summed E-state index contributed by atoms with van der Waals surface area (Å²) in [4.78, 5) is 11.7. The van der Waals surface area contributed by atoms with E-state index < -0.39 is 0 Å². The van der Waals surface area contributed by atoms with Crippen LogP contribution in [0.2, 0.25) is 0 Å². The van der Waals surface area contributed by atoms with Crippen LogP contribution in [0, 0.1) is 46.3 Å². The summed E-state index contributed by atoms with van der Waals surface area (Å²) in [6.45, 7) is 9.43. The summed E-state index contributed by atoms with van der Waals surface area (Å²) < 4.78 is 4.85. The molecule has 0 aliphatic heterocycles. The van der Waals surface area contributed by atoms with Crippen molar-refractivity contribution in [2.45, 2.75) is 117 Å². The lowest BCUT2D eigenvalue weighted by Crippen LogP contribution is -2.52. The number of hydrogen-bond donors (Lipinski definition) is 0. The minimum Gasteiger partial charge on any atom is -0.465 e. The van der Waals surface area contributed by atoms with Crippen LogP contribution in [0.3, 0.4) is 0 Å². The first-order valence-corrected chi connectivity index (χ1v) is 15.6. The molecular weight excluding hydrogens is 440 g/mol. The van der Waals surface area contributed by atoms with Crippen molar-refractivity contribution in [1.29, 1.82) is 0 Å². The van der Waals surface area contributed by atoms with Gasteiger partial charge in [0.1, 0.15) is 0 Å². The molecule has 0 saturated heterocycles. The van der Waals surface area contributed by atoms with E-state index in [1.54, 1.807) is 6.42 Å². The number of fused-ring (bicyclic) bond motifs is 5. The molecule has 2 nitrogen and oxygen atoms in total. The summed E-state index contributed by atoms with van der Waals surface area (Å²) in [7, 11) is 1.45. The van der Waals surface area contributed by atoms with Crippen LogP contribution >= 0.6 is 0 Å². The molecule has 0 aromatic heterocycles. The van der Waals surface area contributed by atoms with Gasteiger partial charge in [-0.15, -0.1) is 0 Å². The van der Waals surface area contributed by atoms with Gasteiger partial charge in [0.2, 0.25) is 0 Å². The average molecular weight is 493 g/mol. The van der Waals surface area contributed by atoms with E-state index in [0.717, 1.165) is 35.5 Å². The zero-order chi connectivity index (χ0) is 25.5. The van der Waals surface area contributed by atoms with Crippen LogP contribution in [0.1, 0.15) is 133 Å². The smallest absolute Gasteiger partial charge is 0.337 e. The van der Waals surface area contributed by atoms with Gasteiger partial charge < -0.3 is 4.74 Å². The van der Waals surface area contributed by atoms with E-state index in [4.69, 9.17) is 4.74 Å². The number of rotatable bonds is 5. The van der Waals surface area contributed by atoms with Crippen molar-refractivity contribution < 1.29 is 9.53 Å². The summed E-state index contributed by atoms with van der Waals surface area (Å²) in [5, 5.41) is 0. The van der Waals surface area contributed by atoms with Gasteiger partial charge in [-0.1, -0.05) is 52.7 Å². The predicted octanol–water partition coefficient (Wildman–Crippen LogP) is 9.43. The Balaban J connectivity index is 0.00000130. The van der Waals surface area contributed by atoms with E-state index in [0.29, 0.717) is 22.3 Å². The Bertz CT molecular complexity index is 904. The number of ether oxygens (including phenoxy) is 1. The minimum absolute atomic E-state index is 0.233. The molecule has 5 fully saturated rings. The maximum Gasteiger partial charge on any atom is 0.337 e. The summed E-state index contributed by atoms with van der Waals surface area (Å²) in [5.74, 6) is 6.42. The minimum atomic E-state index is -0.233. The SMILES string of the molecule is CC.COC(=O)c1ccc(C2CC2CCC2CCC3C4CCC5CCCCC5(C)C4CCC23C)cc1. The van der Waals surface area contributed by atoms with E-state index in [9.17, 15) is 4.79 Å². The van der Waals surface area contributed by atoms with E-state index in [-0.39, 0.29) is 5.97 Å². The highest BCUT2D eigenvalue weighted by molar-refractivity contribution is 5.89. The van der Waals surface area contributed by atoms with Gasteiger partial charge in [-0.2, -0.15) is 0 Å². The first-order valence-electron chi connectivity index (χ1n) is 15.6. The molecule has 36 heavy (non-hydrogen) atoms. The van der Waals surface area contributed by atoms with Crippen LogP contribution < -0.4 is 0 Å². The number of hydrogen-bond acceptors (Lipinski definition) is 2. The van der Waals surface area contributed by atoms with Gasteiger partial charge in [0.15, 0.2) is 0 Å². The molecule has 200 valence electrons. The van der Waals surface area contributed by atoms with Gasteiger partial charge in [-0.3, -0.25) is 0 Å². The molecular formula is C34H52O2. The Morgan fingerprint density at radius 2 is 1.61 bits per heavy atom. The zero-order valence-corrected chi connectivity index (χ0v) is 23.9. The molecule has 6 rings (SSSR count). The maximum absolute atomic E-state index is 11.7. The normalized spacial score (nSPS) is 42.8.